The fourth-order valence-electron chi connectivity index (χ4n) is 2.11. The van der Waals surface area contributed by atoms with E-state index in [1.54, 1.807) is 27.7 Å². The molecule has 2 rings (SSSR count). The first-order valence-corrected chi connectivity index (χ1v) is 6.65. The van der Waals surface area contributed by atoms with Crippen molar-refractivity contribution in [2.75, 3.05) is 0 Å². The van der Waals surface area contributed by atoms with Crippen LogP contribution in [-0.2, 0) is 15.5 Å². The van der Waals surface area contributed by atoms with E-state index in [-0.39, 0.29) is 5.46 Å². The SMILES string of the molecule is CC1(C)OB(c2ccc(C(F)(F)F)c(C(=O)O)c2)OC1(C)C. The monoisotopic (exact) mass is 316 g/mol. The van der Waals surface area contributed by atoms with E-state index < -0.39 is 41.6 Å². The number of hydrogen-bond acceptors (Lipinski definition) is 3. The summed E-state index contributed by atoms with van der Waals surface area (Å²) in [5.74, 6) is -1.65. The summed E-state index contributed by atoms with van der Waals surface area (Å²) in [6, 6.07) is 2.87. The molecule has 0 aromatic heterocycles. The number of carboxylic acid groups (broad SMARTS) is 1. The van der Waals surface area contributed by atoms with Gasteiger partial charge in [-0.3, -0.25) is 0 Å². The van der Waals surface area contributed by atoms with E-state index >= 15 is 0 Å². The van der Waals surface area contributed by atoms with E-state index in [0.717, 1.165) is 12.1 Å². The molecule has 1 aromatic rings. The van der Waals surface area contributed by atoms with E-state index in [1.807, 2.05) is 0 Å². The molecule has 0 bridgehead atoms. The Morgan fingerprint density at radius 3 is 2.05 bits per heavy atom. The maximum absolute atomic E-state index is 12.8. The fraction of sp³-hybridized carbons (Fsp3) is 0.500. The Hall–Kier alpha value is -1.54. The third kappa shape index (κ3) is 2.85. The first-order valence-electron chi connectivity index (χ1n) is 6.65. The molecule has 0 atom stereocenters. The predicted molar refractivity (Wildman–Crippen MR) is 74.1 cm³/mol. The highest BCUT2D eigenvalue weighted by atomic mass is 19.4. The second kappa shape index (κ2) is 4.99. The Bertz CT molecular complexity index is 595. The number of carbonyl (C=O) groups is 1. The Morgan fingerprint density at radius 1 is 1.14 bits per heavy atom. The van der Waals surface area contributed by atoms with Crippen molar-refractivity contribution in [1.29, 1.82) is 0 Å². The van der Waals surface area contributed by atoms with Gasteiger partial charge in [-0.2, -0.15) is 13.2 Å². The Balaban J connectivity index is 2.44. The normalized spacial score (nSPS) is 20.2. The van der Waals surface area contributed by atoms with Crippen LogP contribution in [0.5, 0.6) is 0 Å². The van der Waals surface area contributed by atoms with Crippen LogP contribution < -0.4 is 5.46 Å². The summed E-state index contributed by atoms with van der Waals surface area (Å²) >= 11 is 0. The maximum atomic E-state index is 12.8. The topological polar surface area (TPSA) is 55.8 Å². The summed E-state index contributed by atoms with van der Waals surface area (Å²) in [7, 11) is -0.912. The van der Waals surface area contributed by atoms with Gasteiger partial charge in [0.15, 0.2) is 0 Å². The van der Waals surface area contributed by atoms with Crippen LogP contribution in [0, 0.1) is 0 Å². The summed E-state index contributed by atoms with van der Waals surface area (Å²) in [6.45, 7) is 7.20. The number of hydrogen-bond donors (Lipinski definition) is 1. The minimum absolute atomic E-state index is 0.240. The van der Waals surface area contributed by atoms with Crippen LogP contribution in [0.3, 0.4) is 0 Å². The second-order valence-corrected chi connectivity index (χ2v) is 6.20. The van der Waals surface area contributed by atoms with Gasteiger partial charge in [0, 0.05) is 0 Å². The Kier molecular flexibility index (Phi) is 3.82. The molecule has 1 N–H and O–H groups in total. The first-order chi connectivity index (χ1) is 9.85. The van der Waals surface area contributed by atoms with Gasteiger partial charge in [-0.15, -0.1) is 0 Å². The molecule has 1 aliphatic heterocycles. The quantitative estimate of drug-likeness (QED) is 0.853. The van der Waals surface area contributed by atoms with E-state index in [1.165, 1.54) is 6.07 Å². The van der Waals surface area contributed by atoms with Crippen LogP contribution in [0.15, 0.2) is 18.2 Å². The number of rotatable bonds is 2. The maximum Gasteiger partial charge on any atom is 0.494 e. The van der Waals surface area contributed by atoms with Crippen LogP contribution >= 0.6 is 0 Å². The molecule has 0 saturated carbocycles. The average molecular weight is 316 g/mol. The largest absolute Gasteiger partial charge is 0.494 e. The first kappa shape index (κ1) is 16.8. The molecule has 0 spiro atoms. The molecule has 1 aromatic carbocycles. The van der Waals surface area contributed by atoms with E-state index in [4.69, 9.17) is 14.4 Å². The van der Waals surface area contributed by atoms with Gasteiger partial charge in [0.25, 0.3) is 0 Å². The van der Waals surface area contributed by atoms with Crippen LogP contribution in [-0.4, -0.2) is 29.4 Å². The number of halogens is 3. The van der Waals surface area contributed by atoms with Gasteiger partial charge in [-0.05, 0) is 45.3 Å². The highest BCUT2D eigenvalue weighted by Crippen LogP contribution is 2.37. The van der Waals surface area contributed by atoms with E-state index in [9.17, 15) is 18.0 Å². The molecule has 22 heavy (non-hydrogen) atoms. The molecular weight excluding hydrogens is 300 g/mol. The van der Waals surface area contributed by atoms with Gasteiger partial charge >= 0.3 is 19.3 Å². The summed E-state index contributed by atoms with van der Waals surface area (Å²) in [6.07, 6.45) is -4.73. The fourth-order valence-corrected chi connectivity index (χ4v) is 2.11. The number of aromatic carboxylic acids is 1. The highest BCUT2D eigenvalue weighted by Gasteiger charge is 2.52. The lowest BCUT2D eigenvalue weighted by Crippen LogP contribution is -2.41. The molecule has 0 aliphatic carbocycles. The molecule has 1 heterocycles. The molecule has 120 valence electrons. The van der Waals surface area contributed by atoms with Gasteiger partial charge in [-0.1, -0.05) is 6.07 Å². The van der Waals surface area contributed by atoms with Gasteiger partial charge in [0.2, 0.25) is 0 Å². The lowest BCUT2D eigenvalue weighted by atomic mass is 9.77. The standard InChI is InChI=1S/C14H16BF3O4/c1-12(2)13(3,4)22-15(21-12)8-5-6-10(14(16,17)18)9(7-8)11(19)20/h5-7H,1-4H3,(H,19,20). The van der Waals surface area contributed by atoms with Crippen LogP contribution in [0.4, 0.5) is 13.2 Å². The van der Waals surface area contributed by atoms with Gasteiger partial charge in [-0.25, -0.2) is 4.79 Å². The smallest absolute Gasteiger partial charge is 0.478 e. The molecule has 0 unspecified atom stereocenters. The zero-order valence-electron chi connectivity index (χ0n) is 12.6. The molecule has 4 nitrogen and oxygen atoms in total. The average Bonchev–Trinajstić information content (AvgIpc) is 2.56. The third-order valence-electron chi connectivity index (χ3n) is 4.10. The number of alkyl halides is 3. The van der Waals surface area contributed by atoms with Crippen molar-refractivity contribution in [3.05, 3.63) is 29.3 Å². The minimum Gasteiger partial charge on any atom is -0.478 e. The van der Waals surface area contributed by atoms with Crippen LogP contribution in [0.2, 0.25) is 0 Å². The summed E-state index contributed by atoms with van der Waals surface area (Å²) < 4.78 is 49.9. The Labute approximate surface area is 126 Å². The van der Waals surface area contributed by atoms with Gasteiger partial charge in [0.1, 0.15) is 0 Å². The zero-order valence-corrected chi connectivity index (χ0v) is 12.6. The zero-order chi connectivity index (χ0) is 16.9. The third-order valence-corrected chi connectivity index (χ3v) is 4.10. The highest BCUT2D eigenvalue weighted by molar-refractivity contribution is 6.62. The minimum atomic E-state index is -4.73. The van der Waals surface area contributed by atoms with E-state index in [0.29, 0.717) is 0 Å². The Morgan fingerprint density at radius 2 is 1.64 bits per heavy atom. The predicted octanol–water partition coefficient (Wildman–Crippen LogP) is 2.70. The van der Waals surface area contributed by atoms with Gasteiger partial charge in [0.05, 0.1) is 22.3 Å². The number of carboxylic acids is 1. The van der Waals surface area contributed by atoms with E-state index in [2.05, 4.69) is 0 Å². The molecule has 1 aliphatic rings. The van der Waals surface area contributed by atoms with Crippen molar-refractivity contribution < 1.29 is 32.4 Å². The lowest BCUT2D eigenvalue weighted by Gasteiger charge is -2.32. The van der Waals surface area contributed by atoms with Gasteiger partial charge < -0.3 is 14.4 Å². The summed E-state index contributed by atoms with van der Waals surface area (Å²) in [4.78, 5) is 11.1. The van der Waals surface area contributed by atoms with Crippen LogP contribution in [0.25, 0.3) is 0 Å². The van der Waals surface area contributed by atoms with Crippen molar-refractivity contribution in [2.24, 2.45) is 0 Å². The van der Waals surface area contributed by atoms with Crippen LogP contribution in [0.1, 0.15) is 43.6 Å². The van der Waals surface area contributed by atoms with Crippen molar-refractivity contribution in [1.82, 2.24) is 0 Å². The second-order valence-electron chi connectivity index (χ2n) is 6.20. The molecule has 8 heteroatoms. The van der Waals surface area contributed by atoms with Crippen molar-refractivity contribution >= 4 is 18.6 Å². The molecule has 1 saturated heterocycles. The number of benzene rings is 1. The lowest BCUT2D eigenvalue weighted by molar-refractivity contribution is -0.138. The molecule has 0 amide bonds. The van der Waals surface area contributed by atoms with Crippen molar-refractivity contribution in [3.8, 4) is 0 Å². The van der Waals surface area contributed by atoms with Crippen molar-refractivity contribution in [3.63, 3.8) is 0 Å². The summed E-state index contributed by atoms with van der Waals surface area (Å²) in [5.41, 5.74) is -3.10. The molecular formula is C14H16BF3O4. The van der Waals surface area contributed by atoms with Crippen molar-refractivity contribution in [2.45, 2.75) is 45.1 Å². The summed E-state index contributed by atoms with van der Waals surface area (Å²) in [5, 5.41) is 9.02. The molecule has 1 fully saturated rings. The molecule has 0 radical (unpaired) electrons.